The van der Waals surface area contributed by atoms with Gasteiger partial charge in [0.05, 0.1) is 5.56 Å². The van der Waals surface area contributed by atoms with Crippen LogP contribution in [0.5, 0.6) is 11.9 Å². The number of fused-ring (bicyclic) bond motifs is 1. The maximum atomic E-state index is 6.08. The van der Waals surface area contributed by atoms with Gasteiger partial charge in [-0.25, -0.2) is 4.98 Å². The summed E-state index contributed by atoms with van der Waals surface area (Å²) in [7, 11) is 1.88. The molecule has 3 rings (SSSR count). The molecule has 0 aliphatic rings. The first-order valence-corrected chi connectivity index (χ1v) is 8.65. The van der Waals surface area contributed by atoms with E-state index in [-0.39, 0.29) is 57.4 Å². The average molecular weight is 396 g/mol. The van der Waals surface area contributed by atoms with Crippen molar-refractivity contribution in [2.75, 3.05) is 0 Å². The number of aromatic nitrogens is 5. The summed E-state index contributed by atoms with van der Waals surface area (Å²) in [6.07, 6.45) is 1.71. The van der Waals surface area contributed by atoms with E-state index in [1.54, 1.807) is 10.9 Å². The van der Waals surface area contributed by atoms with E-state index in [0.29, 0.717) is 5.88 Å². The molecule has 0 amide bonds. The molecule has 7 nitrogen and oxygen atoms in total. The Morgan fingerprint density at radius 3 is 2.22 bits per heavy atom. The van der Waals surface area contributed by atoms with E-state index >= 15 is 0 Å². The number of rotatable bonds is 3. The third-order valence-electron chi connectivity index (χ3n) is 3.55. The van der Waals surface area contributed by atoms with Crippen molar-refractivity contribution in [3.8, 4) is 23.1 Å². The van der Waals surface area contributed by atoms with Crippen LogP contribution in [-0.2, 0) is 7.05 Å². The van der Waals surface area contributed by atoms with Crippen LogP contribution >= 0.6 is 0 Å². The molecule has 0 aliphatic heterocycles. The van der Waals surface area contributed by atoms with Gasteiger partial charge in [-0.2, -0.15) is 4.98 Å². The third-order valence-corrected chi connectivity index (χ3v) is 3.55. The fourth-order valence-corrected chi connectivity index (χ4v) is 2.60. The van der Waals surface area contributed by atoms with E-state index < -0.39 is 11.2 Å². The van der Waals surface area contributed by atoms with E-state index in [1.807, 2.05) is 61.6 Å². The molecule has 0 aliphatic carbocycles. The summed E-state index contributed by atoms with van der Waals surface area (Å²) in [5.41, 5.74) is 2.46. The first kappa shape index (κ1) is 22.4. The van der Waals surface area contributed by atoms with Crippen LogP contribution in [0.4, 0.5) is 0 Å². The molecule has 0 N–H and O–H groups in total. The zero-order chi connectivity index (χ0) is 19.3. The van der Waals surface area contributed by atoms with Crippen LogP contribution in [0.15, 0.2) is 12.3 Å². The molecule has 0 unspecified atom stereocenters. The van der Waals surface area contributed by atoms with Crippen molar-refractivity contribution in [2.24, 2.45) is 7.05 Å². The molecule has 0 aromatic carbocycles. The normalized spacial score (nSPS) is 12.1. The Kier molecular flexibility index (Phi) is 6.48. The third kappa shape index (κ3) is 5.32. The Balaban J connectivity index is 0.00000261. The van der Waals surface area contributed by atoms with Crippen LogP contribution in [0, 0.1) is 6.92 Å². The molecule has 8 heteroatoms. The van der Waals surface area contributed by atoms with Crippen molar-refractivity contribution >= 4 is 11.0 Å². The Hall–Kier alpha value is -0.934. The SMILES string of the molecule is Cc1nn(C)c2[n-]c(-c3cnc(OC(C)(C)C)nc3OC(C)(C)C)cc12.[K+]. The number of nitrogens with zero attached hydrogens (tertiary/aromatic N) is 5. The van der Waals surface area contributed by atoms with Crippen LogP contribution in [-0.4, -0.2) is 31.0 Å². The molecule has 0 atom stereocenters. The molecule has 0 bridgehead atoms. The second-order valence-electron chi connectivity index (χ2n) is 8.39. The van der Waals surface area contributed by atoms with E-state index in [4.69, 9.17) is 14.5 Å². The van der Waals surface area contributed by atoms with Gasteiger partial charge in [-0.15, -0.1) is 0 Å². The molecule has 0 saturated carbocycles. The molecular weight excluding hydrogens is 369 g/mol. The molecule has 27 heavy (non-hydrogen) atoms. The number of aryl methyl sites for hydroxylation is 2. The number of hydrogen-bond acceptors (Lipinski definition) is 5. The minimum Gasteiger partial charge on any atom is -0.471 e. The quantitative estimate of drug-likeness (QED) is 0.606. The molecule has 3 heterocycles. The van der Waals surface area contributed by atoms with Gasteiger partial charge in [0.1, 0.15) is 11.2 Å². The Bertz CT molecular complexity index is 913. The summed E-state index contributed by atoms with van der Waals surface area (Å²) in [4.78, 5) is 13.6. The van der Waals surface area contributed by atoms with Crippen LogP contribution in [0.25, 0.3) is 22.3 Å². The minimum absolute atomic E-state index is 0. The molecular formula is C19H26KN5O2. The standard InChI is InChI=1S/C19H26N5O2.K/c1-11-12-9-14(21-15(12)24(8)23-11)13-10-20-17(26-19(5,6)7)22-16(13)25-18(2,3)4;/h9-10H,1-8H3;/q-1;+1. The van der Waals surface area contributed by atoms with Crippen LogP contribution < -0.4 is 65.8 Å². The molecule has 3 aromatic rings. The van der Waals surface area contributed by atoms with E-state index in [0.717, 1.165) is 28.0 Å². The predicted octanol–water partition coefficient (Wildman–Crippen LogP) is 0.655. The maximum absolute atomic E-state index is 6.08. The summed E-state index contributed by atoms with van der Waals surface area (Å²) in [5.74, 6) is 0.458. The van der Waals surface area contributed by atoms with Gasteiger partial charge in [0.15, 0.2) is 0 Å². The molecule has 0 fully saturated rings. The molecule has 0 radical (unpaired) electrons. The van der Waals surface area contributed by atoms with Gasteiger partial charge < -0.3 is 19.1 Å². The fraction of sp³-hybridized carbons (Fsp3) is 0.526. The Morgan fingerprint density at radius 2 is 1.67 bits per heavy atom. The van der Waals surface area contributed by atoms with Gasteiger partial charge in [0, 0.05) is 11.9 Å². The zero-order valence-electron chi connectivity index (χ0n) is 17.7. The molecule has 0 saturated heterocycles. The van der Waals surface area contributed by atoms with Crippen LogP contribution in [0.3, 0.4) is 0 Å². The van der Waals surface area contributed by atoms with E-state index in [1.165, 1.54) is 0 Å². The topological polar surface area (TPSA) is 76.2 Å². The second-order valence-corrected chi connectivity index (χ2v) is 8.39. The Morgan fingerprint density at radius 1 is 1.04 bits per heavy atom. The summed E-state index contributed by atoms with van der Waals surface area (Å²) < 4.78 is 13.6. The van der Waals surface area contributed by atoms with Crippen molar-refractivity contribution < 1.29 is 60.9 Å². The zero-order valence-corrected chi connectivity index (χ0v) is 20.8. The first-order chi connectivity index (χ1) is 11.9. The van der Waals surface area contributed by atoms with Gasteiger partial charge in [-0.3, -0.25) is 5.10 Å². The van der Waals surface area contributed by atoms with E-state index in [2.05, 4.69) is 15.1 Å². The fourth-order valence-electron chi connectivity index (χ4n) is 2.60. The smallest absolute Gasteiger partial charge is 0.471 e. The summed E-state index contributed by atoms with van der Waals surface area (Å²) in [6.45, 7) is 13.8. The van der Waals surface area contributed by atoms with Crippen molar-refractivity contribution in [2.45, 2.75) is 59.7 Å². The monoisotopic (exact) mass is 395 g/mol. The minimum atomic E-state index is -0.411. The van der Waals surface area contributed by atoms with Crippen LogP contribution in [0.1, 0.15) is 47.2 Å². The van der Waals surface area contributed by atoms with Gasteiger partial charge in [-0.1, -0.05) is 0 Å². The Labute approximate surface area is 202 Å². The van der Waals surface area contributed by atoms with Crippen molar-refractivity contribution in [1.29, 1.82) is 0 Å². The van der Waals surface area contributed by atoms with Gasteiger partial charge in [0.2, 0.25) is 5.88 Å². The maximum Gasteiger partial charge on any atom is 1.00 e. The second kappa shape index (κ2) is 7.83. The first-order valence-electron chi connectivity index (χ1n) is 8.65. The van der Waals surface area contributed by atoms with Gasteiger partial charge in [-0.05, 0) is 78.3 Å². The predicted molar refractivity (Wildman–Crippen MR) is 101 cm³/mol. The van der Waals surface area contributed by atoms with Gasteiger partial charge in [0.25, 0.3) is 0 Å². The molecule has 140 valence electrons. The van der Waals surface area contributed by atoms with Crippen molar-refractivity contribution in [1.82, 2.24) is 24.7 Å². The average Bonchev–Trinajstić information content (AvgIpc) is 2.98. The van der Waals surface area contributed by atoms with Crippen molar-refractivity contribution in [3.05, 3.63) is 18.0 Å². The largest absolute Gasteiger partial charge is 1.00 e. The summed E-state index contributed by atoms with van der Waals surface area (Å²) in [5, 5.41) is 5.41. The summed E-state index contributed by atoms with van der Waals surface area (Å²) in [6, 6.07) is 2.28. The summed E-state index contributed by atoms with van der Waals surface area (Å²) >= 11 is 0. The number of ether oxygens (including phenoxy) is 2. The molecule has 0 spiro atoms. The van der Waals surface area contributed by atoms with Crippen LogP contribution in [0.2, 0.25) is 0 Å². The van der Waals surface area contributed by atoms with E-state index in [9.17, 15) is 0 Å². The van der Waals surface area contributed by atoms with Crippen molar-refractivity contribution in [3.63, 3.8) is 0 Å². The molecule has 3 aromatic heterocycles. The van der Waals surface area contributed by atoms with Gasteiger partial charge >= 0.3 is 57.4 Å². The number of hydrogen-bond donors (Lipinski definition) is 0.